The van der Waals surface area contributed by atoms with E-state index in [9.17, 15) is 28.5 Å². The summed E-state index contributed by atoms with van der Waals surface area (Å²) in [5.41, 5.74) is 8.97. The van der Waals surface area contributed by atoms with Crippen molar-refractivity contribution in [2.45, 2.75) is 24.5 Å². The molecule has 6 N–H and O–H groups in total. The molecule has 1 fully saturated rings. The molecule has 1 amide bonds. The number of benzene rings is 3. The largest absolute Gasteiger partial charge is 0.507 e. The number of fused-ring (bicyclic) bond motifs is 1. The van der Waals surface area contributed by atoms with E-state index in [1.807, 2.05) is 54.6 Å². The minimum atomic E-state index is -4.69. The number of para-hydroxylation sites is 1. The summed E-state index contributed by atoms with van der Waals surface area (Å²) in [7, 11) is -4.69. The third-order valence-electron chi connectivity index (χ3n) is 7.04. The van der Waals surface area contributed by atoms with Crippen LogP contribution in [0, 0.1) is 0 Å². The van der Waals surface area contributed by atoms with Gasteiger partial charge in [0.25, 0.3) is 5.91 Å². The number of nitrogens with zero attached hydrogens (tertiary/aromatic N) is 4. The molecular weight excluding hydrogens is 592 g/mol. The first-order valence-corrected chi connectivity index (χ1v) is 14.7. The van der Waals surface area contributed by atoms with Crippen molar-refractivity contribution in [3.63, 3.8) is 0 Å². The monoisotopic (exact) mass is 618 g/mol. The van der Waals surface area contributed by atoms with Crippen LogP contribution in [0.5, 0.6) is 5.75 Å². The van der Waals surface area contributed by atoms with E-state index in [4.69, 9.17) is 14.7 Å². The number of hydrogen-bond donors (Lipinski definition) is 5. The third-order valence-corrected chi connectivity index (χ3v) is 7.92. The van der Waals surface area contributed by atoms with Gasteiger partial charge in [0.15, 0.2) is 23.5 Å². The standard InChI is InChI=1S/C29H26N6O8S/c30-25-22-27(33-26(32-25)18-10-6-9-17(13-18)16-7-2-1-3-8-16)35(15-31-22)29-24(38)23(37)21(43-29)14-42-44(40,41)34-28(39)19-11-4-5-12-20(19)36/h1-13,15,21,23-24,29,36-38H,14H2,(H,34,39)(H2,30,32,33)/t21-,23-,24-,29-/m1/s1. The topological polar surface area (TPSA) is 212 Å². The number of aliphatic hydroxyl groups excluding tert-OH is 2. The number of aromatic nitrogens is 4. The fourth-order valence-electron chi connectivity index (χ4n) is 4.84. The number of ether oxygens (including phenoxy) is 1. The van der Waals surface area contributed by atoms with Crippen LogP contribution in [0.15, 0.2) is 85.2 Å². The Morgan fingerprint density at radius 3 is 2.43 bits per heavy atom. The lowest BCUT2D eigenvalue weighted by molar-refractivity contribution is -0.0468. The van der Waals surface area contributed by atoms with Gasteiger partial charge in [-0.3, -0.25) is 13.5 Å². The second-order valence-corrected chi connectivity index (χ2v) is 11.3. The van der Waals surface area contributed by atoms with Crippen molar-refractivity contribution in [3.05, 3.63) is 90.8 Å². The minimum absolute atomic E-state index is 0.0769. The van der Waals surface area contributed by atoms with Crippen LogP contribution in [0.3, 0.4) is 0 Å². The molecule has 6 rings (SSSR count). The van der Waals surface area contributed by atoms with E-state index in [0.29, 0.717) is 5.56 Å². The molecule has 1 saturated heterocycles. The highest BCUT2D eigenvalue weighted by atomic mass is 32.2. The summed E-state index contributed by atoms with van der Waals surface area (Å²) in [4.78, 5) is 25.6. The molecule has 15 heteroatoms. The van der Waals surface area contributed by atoms with Crippen molar-refractivity contribution in [2.24, 2.45) is 0 Å². The van der Waals surface area contributed by atoms with Crippen molar-refractivity contribution in [1.82, 2.24) is 24.2 Å². The van der Waals surface area contributed by atoms with Gasteiger partial charge in [-0.15, -0.1) is 0 Å². The van der Waals surface area contributed by atoms with E-state index in [-0.39, 0.29) is 28.4 Å². The molecule has 1 aliphatic rings. The number of phenolic OH excluding ortho intramolecular Hbond substituents is 1. The molecule has 4 atom stereocenters. The number of aromatic hydroxyl groups is 1. The summed E-state index contributed by atoms with van der Waals surface area (Å²) < 4.78 is 38.5. The quantitative estimate of drug-likeness (QED) is 0.168. The van der Waals surface area contributed by atoms with Crippen LogP contribution in [-0.4, -0.2) is 74.1 Å². The first-order valence-electron chi connectivity index (χ1n) is 13.3. The van der Waals surface area contributed by atoms with E-state index >= 15 is 0 Å². The van der Waals surface area contributed by atoms with Crippen LogP contribution in [0.1, 0.15) is 16.6 Å². The number of carbonyl (C=O) groups excluding carboxylic acids is 1. The molecule has 226 valence electrons. The Morgan fingerprint density at radius 1 is 0.955 bits per heavy atom. The highest BCUT2D eigenvalue weighted by molar-refractivity contribution is 7.85. The Labute approximate surface area is 250 Å². The fourth-order valence-corrected chi connectivity index (χ4v) is 5.55. The van der Waals surface area contributed by atoms with Crippen molar-refractivity contribution < 1.29 is 37.5 Å². The van der Waals surface area contributed by atoms with Gasteiger partial charge >= 0.3 is 10.3 Å². The lowest BCUT2D eigenvalue weighted by Gasteiger charge is -2.17. The van der Waals surface area contributed by atoms with Gasteiger partial charge in [-0.2, -0.15) is 8.42 Å². The number of imidazole rings is 1. The molecule has 0 unspecified atom stereocenters. The number of hydrogen-bond acceptors (Lipinski definition) is 12. The van der Waals surface area contributed by atoms with Gasteiger partial charge in [-0.05, 0) is 29.3 Å². The average molecular weight is 619 g/mol. The molecule has 3 aromatic carbocycles. The predicted octanol–water partition coefficient (Wildman–Crippen LogP) is 1.76. The average Bonchev–Trinajstić information content (AvgIpc) is 3.57. The summed E-state index contributed by atoms with van der Waals surface area (Å²) in [6.45, 7) is -0.751. The summed E-state index contributed by atoms with van der Waals surface area (Å²) in [6.07, 6.45) is -4.39. The Bertz CT molecular complexity index is 1950. The number of carbonyl (C=O) groups is 1. The van der Waals surface area contributed by atoms with Crippen molar-refractivity contribution in [3.8, 4) is 28.3 Å². The molecule has 2 aromatic heterocycles. The van der Waals surface area contributed by atoms with Crippen LogP contribution in [0.4, 0.5) is 5.82 Å². The molecule has 0 saturated carbocycles. The lowest BCUT2D eigenvalue weighted by Crippen LogP contribution is -2.37. The number of nitrogens with one attached hydrogen (secondary N) is 1. The number of nitrogen functional groups attached to an aromatic ring is 1. The Balaban J connectivity index is 1.21. The summed E-state index contributed by atoms with van der Waals surface area (Å²) >= 11 is 0. The maximum atomic E-state index is 12.4. The molecule has 0 radical (unpaired) electrons. The molecule has 14 nitrogen and oxygen atoms in total. The van der Waals surface area contributed by atoms with Gasteiger partial charge in [0.05, 0.1) is 18.5 Å². The second kappa shape index (κ2) is 11.6. The molecule has 0 aliphatic carbocycles. The number of aliphatic hydroxyl groups is 2. The molecule has 0 bridgehead atoms. The van der Waals surface area contributed by atoms with E-state index in [1.54, 1.807) is 4.72 Å². The highest BCUT2D eigenvalue weighted by Crippen LogP contribution is 2.34. The van der Waals surface area contributed by atoms with E-state index < -0.39 is 53.1 Å². The van der Waals surface area contributed by atoms with E-state index in [0.717, 1.165) is 11.1 Å². The van der Waals surface area contributed by atoms with Gasteiger partial charge in [0.2, 0.25) is 0 Å². The summed E-state index contributed by atoms with van der Waals surface area (Å²) in [5.74, 6) is -1.19. The fraction of sp³-hybridized carbons (Fsp3) is 0.172. The van der Waals surface area contributed by atoms with E-state index in [2.05, 4.69) is 15.0 Å². The number of rotatable bonds is 8. The zero-order chi connectivity index (χ0) is 31.0. The maximum Gasteiger partial charge on any atom is 0.362 e. The first-order chi connectivity index (χ1) is 21.1. The van der Waals surface area contributed by atoms with Gasteiger partial charge in [-0.1, -0.05) is 60.7 Å². The van der Waals surface area contributed by atoms with Gasteiger partial charge in [0, 0.05) is 5.56 Å². The van der Waals surface area contributed by atoms with Gasteiger partial charge < -0.3 is 25.8 Å². The Kier molecular flexibility index (Phi) is 7.71. The smallest absolute Gasteiger partial charge is 0.362 e. The lowest BCUT2D eigenvalue weighted by atomic mass is 10.0. The molecule has 3 heterocycles. The van der Waals surface area contributed by atoms with Crippen molar-refractivity contribution in [2.75, 3.05) is 12.3 Å². The van der Waals surface area contributed by atoms with Crippen molar-refractivity contribution in [1.29, 1.82) is 0 Å². The van der Waals surface area contributed by atoms with Crippen LogP contribution < -0.4 is 10.5 Å². The number of amides is 1. The van der Waals surface area contributed by atoms with Crippen LogP contribution >= 0.6 is 0 Å². The number of anilines is 1. The van der Waals surface area contributed by atoms with Crippen LogP contribution in [0.2, 0.25) is 0 Å². The summed E-state index contributed by atoms with van der Waals surface area (Å²) in [5, 5.41) is 31.3. The SMILES string of the molecule is Nc1nc(-c2cccc(-c3ccccc3)c2)nc2c1ncn2[C@@H]1O[C@H](COS(=O)(=O)NC(=O)c2ccccc2O)[C@@H](O)[C@H]1O. The normalized spacial score (nSPS) is 20.1. The van der Waals surface area contributed by atoms with E-state index in [1.165, 1.54) is 35.2 Å². The second-order valence-electron chi connectivity index (χ2n) is 9.94. The molecule has 5 aromatic rings. The van der Waals surface area contributed by atoms with Gasteiger partial charge in [0.1, 0.15) is 29.6 Å². The maximum absolute atomic E-state index is 12.4. The number of nitrogens with two attached hydrogens (primary N) is 1. The highest BCUT2D eigenvalue weighted by Gasteiger charge is 2.45. The Morgan fingerprint density at radius 2 is 1.66 bits per heavy atom. The Hall–Kier alpha value is -4.93. The molecular formula is C29H26N6O8S. The third kappa shape index (κ3) is 5.69. The molecule has 1 aliphatic heterocycles. The van der Waals surface area contributed by atoms with Crippen molar-refractivity contribution >= 4 is 33.2 Å². The summed E-state index contributed by atoms with van der Waals surface area (Å²) in [6, 6.07) is 22.6. The number of phenols is 1. The molecule has 0 spiro atoms. The van der Waals surface area contributed by atoms with Crippen LogP contribution in [-0.2, 0) is 19.2 Å². The predicted molar refractivity (Wildman–Crippen MR) is 157 cm³/mol. The van der Waals surface area contributed by atoms with Gasteiger partial charge in [-0.25, -0.2) is 19.7 Å². The first kappa shape index (κ1) is 29.2. The molecule has 44 heavy (non-hydrogen) atoms. The van der Waals surface area contributed by atoms with Crippen LogP contribution in [0.25, 0.3) is 33.7 Å². The minimum Gasteiger partial charge on any atom is -0.507 e. The zero-order valence-electron chi connectivity index (χ0n) is 22.8. The zero-order valence-corrected chi connectivity index (χ0v) is 23.6.